The van der Waals surface area contributed by atoms with Gasteiger partial charge in [0.1, 0.15) is 29.5 Å². The van der Waals surface area contributed by atoms with Crippen molar-refractivity contribution in [3.8, 4) is 39.8 Å². The van der Waals surface area contributed by atoms with Crippen LogP contribution in [0.3, 0.4) is 0 Å². The lowest BCUT2D eigenvalue weighted by Gasteiger charge is -2.15. The van der Waals surface area contributed by atoms with Gasteiger partial charge < -0.3 is 19.5 Å². The van der Waals surface area contributed by atoms with Crippen molar-refractivity contribution in [2.24, 2.45) is 0 Å². The normalized spacial score (nSPS) is 13.7. The summed E-state index contributed by atoms with van der Waals surface area (Å²) in [5.41, 5.74) is 2.42. The number of benzene rings is 3. The zero-order valence-electron chi connectivity index (χ0n) is 19.2. The highest BCUT2D eigenvalue weighted by Crippen LogP contribution is 2.35. The number of ether oxygens (including phenoxy) is 1. The predicted molar refractivity (Wildman–Crippen MR) is 132 cm³/mol. The molecule has 7 heteroatoms. The Labute approximate surface area is 203 Å². The van der Waals surface area contributed by atoms with Crippen molar-refractivity contribution >= 4 is 5.78 Å². The minimum Gasteiger partial charge on any atom is -0.508 e. The third-order valence-electron chi connectivity index (χ3n) is 6.18. The van der Waals surface area contributed by atoms with E-state index < -0.39 is 0 Å². The highest BCUT2D eigenvalue weighted by atomic mass is 16.5. The van der Waals surface area contributed by atoms with Gasteiger partial charge >= 0.3 is 0 Å². The maximum Gasteiger partial charge on any atom is 0.199 e. The summed E-state index contributed by atoms with van der Waals surface area (Å²) >= 11 is 0. The molecule has 0 saturated carbocycles. The second-order valence-electron chi connectivity index (χ2n) is 8.58. The molecule has 0 radical (unpaired) electrons. The second kappa shape index (κ2) is 10.0. The Morgan fingerprint density at radius 3 is 2.09 bits per heavy atom. The number of phenolic OH excluding ortho intramolecular Hbond substituents is 2. The summed E-state index contributed by atoms with van der Waals surface area (Å²) in [5.74, 6) is 0.998. The van der Waals surface area contributed by atoms with Gasteiger partial charge in [-0.25, -0.2) is 0 Å². The van der Waals surface area contributed by atoms with E-state index in [9.17, 15) is 15.0 Å². The van der Waals surface area contributed by atoms with Crippen LogP contribution in [0.4, 0.5) is 0 Å². The summed E-state index contributed by atoms with van der Waals surface area (Å²) in [6.07, 6.45) is 2.50. The van der Waals surface area contributed by atoms with Gasteiger partial charge in [0.15, 0.2) is 11.5 Å². The number of aromatic hydroxyl groups is 2. The number of nitrogens with zero attached hydrogens (tertiary/aromatic N) is 2. The lowest BCUT2D eigenvalue weighted by Crippen LogP contribution is -2.25. The summed E-state index contributed by atoms with van der Waals surface area (Å²) in [6, 6.07) is 19.9. The van der Waals surface area contributed by atoms with Crippen molar-refractivity contribution in [3.63, 3.8) is 0 Å². The van der Waals surface area contributed by atoms with Gasteiger partial charge in [0.25, 0.3) is 0 Å². The van der Waals surface area contributed by atoms with Crippen LogP contribution >= 0.6 is 0 Å². The number of carbonyl (C=O) groups is 1. The molecule has 2 heterocycles. The Bertz CT molecular complexity index is 1230. The third-order valence-corrected chi connectivity index (χ3v) is 6.18. The van der Waals surface area contributed by atoms with E-state index in [1.807, 2.05) is 0 Å². The molecule has 0 aliphatic carbocycles. The predicted octanol–water partition coefficient (Wildman–Crippen LogP) is 5.13. The van der Waals surface area contributed by atoms with E-state index in [0.717, 1.165) is 19.6 Å². The van der Waals surface area contributed by atoms with Gasteiger partial charge in [-0.3, -0.25) is 9.69 Å². The van der Waals surface area contributed by atoms with Gasteiger partial charge in [-0.2, -0.15) is 0 Å². The molecule has 1 saturated heterocycles. The first-order valence-corrected chi connectivity index (χ1v) is 11.7. The highest BCUT2D eigenvalue weighted by Gasteiger charge is 2.26. The van der Waals surface area contributed by atoms with Crippen LogP contribution in [-0.2, 0) is 0 Å². The molecule has 3 aromatic carbocycles. The molecule has 4 aromatic rings. The third kappa shape index (κ3) is 5.05. The molecule has 1 aromatic heterocycles. The zero-order valence-corrected chi connectivity index (χ0v) is 19.2. The fourth-order valence-corrected chi connectivity index (χ4v) is 4.27. The molecule has 1 aliphatic rings. The fourth-order valence-electron chi connectivity index (χ4n) is 4.27. The van der Waals surface area contributed by atoms with E-state index in [2.05, 4.69) is 10.1 Å². The number of hydrogen-bond donors (Lipinski definition) is 2. The van der Waals surface area contributed by atoms with Gasteiger partial charge in [-0.1, -0.05) is 5.16 Å². The maximum atomic E-state index is 13.7. The average Bonchev–Trinajstić information content (AvgIpc) is 3.55. The maximum absolute atomic E-state index is 13.7. The lowest BCUT2D eigenvalue weighted by molar-refractivity contribution is 0.103. The van der Waals surface area contributed by atoms with Crippen molar-refractivity contribution in [2.75, 3.05) is 26.2 Å². The van der Waals surface area contributed by atoms with E-state index in [1.165, 1.54) is 37.1 Å². The SMILES string of the molecule is O=C(c1ccc(OCCN2CCCC2)cc1)c1c(-c2ccc(O)cc2)noc1-c1ccc(O)cc1. The quantitative estimate of drug-likeness (QED) is 0.345. The summed E-state index contributed by atoms with van der Waals surface area (Å²) in [5, 5.41) is 23.5. The minimum atomic E-state index is -0.249. The standard InChI is InChI=1S/C28H26N2O5/c31-22-9-3-19(4-10-22)26-25(28(35-29-26)21-5-11-23(32)12-6-21)27(33)20-7-13-24(14-8-20)34-18-17-30-15-1-2-16-30/h3-14,31-32H,1-2,15-18H2. The van der Waals surface area contributed by atoms with Crippen molar-refractivity contribution in [1.82, 2.24) is 10.1 Å². The van der Waals surface area contributed by atoms with E-state index in [-0.39, 0.29) is 17.3 Å². The number of carbonyl (C=O) groups excluding carboxylic acids is 1. The smallest absolute Gasteiger partial charge is 0.199 e. The first kappa shape index (κ1) is 22.7. The van der Waals surface area contributed by atoms with Crippen molar-refractivity contribution < 1.29 is 24.3 Å². The molecule has 2 N–H and O–H groups in total. The Hall–Kier alpha value is -4.10. The topological polar surface area (TPSA) is 96.0 Å². The minimum absolute atomic E-state index is 0.111. The van der Waals surface area contributed by atoms with Crippen LogP contribution in [0.25, 0.3) is 22.6 Å². The van der Waals surface area contributed by atoms with E-state index in [4.69, 9.17) is 9.26 Å². The first-order chi connectivity index (χ1) is 17.1. The van der Waals surface area contributed by atoms with E-state index >= 15 is 0 Å². The molecule has 7 nitrogen and oxygen atoms in total. The van der Waals surface area contributed by atoms with Crippen LogP contribution in [0.2, 0.25) is 0 Å². The number of phenols is 2. The van der Waals surface area contributed by atoms with Crippen LogP contribution < -0.4 is 4.74 Å². The molecule has 1 fully saturated rings. The van der Waals surface area contributed by atoms with Gasteiger partial charge in [-0.15, -0.1) is 0 Å². The number of rotatable bonds is 8. The molecule has 5 rings (SSSR count). The van der Waals surface area contributed by atoms with Gasteiger partial charge in [0.2, 0.25) is 0 Å². The molecular weight excluding hydrogens is 444 g/mol. The molecule has 1 aliphatic heterocycles. The molecule has 0 unspecified atom stereocenters. The van der Waals surface area contributed by atoms with Gasteiger partial charge in [0.05, 0.1) is 5.56 Å². The van der Waals surface area contributed by atoms with E-state index in [1.54, 1.807) is 48.5 Å². The van der Waals surface area contributed by atoms with Crippen LogP contribution in [0, 0.1) is 0 Å². The van der Waals surface area contributed by atoms with Crippen LogP contribution in [0.15, 0.2) is 77.3 Å². The molecular formula is C28H26N2O5. The molecule has 0 spiro atoms. The van der Waals surface area contributed by atoms with Crippen LogP contribution in [-0.4, -0.2) is 52.3 Å². The summed E-state index contributed by atoms with van der Waals surface area (Å²) < 4.78 is 11.5. The monoisotopic (exact) mass is 470 g/mol. The van der Waals surface area contributed by atoms with Crippen molar-refractivity contribution in [3.05, 3.63) is 83.9 Å². The Morgan fingerprint density at radius 1 is 0.857 bits per heavy atom. The van der Waals surface area contributed by atoms with Crippen molar-refractivity contribution in [1.29, 1.82) is 0 Å². The molecule has 178 valence electrons. The number of aromatic nitrogens is 1. The molecule has 35 heavy (non-hydrogen) atoms. The van der Waals surface area contributed by atoms with E-state index in [0.29, 0.717) is 46.1 Å². The summed E-state index contributed by atoms with van der Waals surface area (Å²) in [7, 11) is 0. The number of ketones is 1. The first-order valence-electron chi connectivity index (χ1n) is 11.7. The van der Waals surface area contributed by atoms with Crippen molar-refractivity contribution in [2.45, 2.75) is 12.8 Å². The molecule has 0 bridgehead atoms. The Balaban J connectivity index is 1.42. The fraction of sp³-hybridized carbons (Fsp3) is 0.214. The van der Waals surface area contributed by atoms with Gasteiger partial charge in [0, 0.05) is 23.2 Å². The van der Waals surface area contributed by atoms with Crippen LogP contribution in [0.1, 0.15) is 28.8 Å². The van der Waals surface area contributed by atoms with Crippen LogP contribution in [0.5, 0.6) is 17.2 Å². The Morgan fingerprint density at radius 2 is 1.46 bits per heavy atom. The lowest BCUT2D eigenvalue weighted by atomic mass is 9.95. The summed E-state index contributed by atoms with van der Waals surface area (Å²) in [4.78, 5) is 16.1. The second-order valence-corrected chi connectivity index (χ2v) is 8.58. The number of hydrogen-bond acceptors (Lipinski definition) is 7. The highest BCUT2D eigenvalue weighted by molar-refractivity contribution is 6.15. The molecule has 0 amide bonds. The Kier molecular flexibility index (Phi) is 6.50. The molecule has 0 atom stereocenters. The zero-order chi connectivity index (χ0) is 24.2. The summed E-state index contributed by atoms with van der Waals surface area (Å²) in [6.45, 7) is 3.76. The largest absolute Gasteiger partial charge is 0.508 e. The average molecular weight is 471 g/mol. The van der Waals surface area contributed by atoms with Gasteiger partial charge in [-0.05, 0) is 98.7 Å². The number of likely N-dealkylation sites (tertiary alicyclic amines) is 1.